The van der Waals surface area contributed by atoms with Gasteiger partial charge in [-0.2, -0.15) is 4.98 Å². The number of nitrogens with zero attached hydrogens (tertiary/aromatic N) is 4. The number of halogens is 2. The molecule has 0 bridgehead atoms. The van der Waals surface area contributed by atoms with Crippen molar-refractivity contribution in [2.45, 2.75) is 19.3 Å². The van der Waals surface area contributed by atoms with Crippen LogP contribution in [0.2, 0.25) is 0 Å². The minimum atomic E-state index is 0. The van der Waals surface area contributed by atoms with Crippen LogP contribution in [0.4, 0.5) is 0 Å². The van der Waals surface area contributed by atoms with E-state index in [0.29, 0.717) is 49.9 Å². The van der Waals surface area contributed by atoms with Gasteiger partial charge in [0.05, 0.1) is 0 Å². The third-order valence-corrected chi connectivity index (χ3v) is 4.18. The van der Waals surface area contributed by atoms with Crippen LogP contribution in [0.25, 0.3) is 11.5 Å². The molecule has 0 aliphatic carbocycles. The molecule has 3 aromatic rings. The molecule has 0 aliphatic heterocycles. The predicted octanol–water partition coefficient (Wildman–Crippen LogP) is 2.94. The quantitative estimate of drug-likeness (QED) is 0.552. The zero-order chi connectivity index (χ0) is 18.9. The Morgan fingerprint density at radius 3 is 2.45 bits per heavy atom. The monoisotopic (exact) mass is 437 g/mol. The Bertz CT molecular complexity index is 846. The van der Waals surface area contributed by atoms with Gasteiger partial charge in [0.1, 0.15) is 5.69 Å². The average molecular weight is 438 g/mol. The van der Waals surface area contributed by atoms with Crippen LogP contribution in [-0.4, -0.2) is 45.6 Å². The van der Waals surface area contributed by atoms with Crippen molar-refractivity contribution >= 4 is 30.7 Å². The first-order chi connectivity index (χ1) is 13.3. The maximum absolute atomic E-state index is 12.6. The molecule has 9 heteroatoms. The summed E-state index contributed by atoms with van der Waals surface area (Å²) in [6.07, 6.45) is 3.17. The number of nitrogens with two attached hydrogens (primary N) is 1. The second-order valence-electron chi connectivity index (χ2n) is 6.13. The molecule has 0 spiro atoms. The van der Waals surface area contributed by atoms with E-state index in [1.54, 1.807) is 11.1 Å². The molecular weight excluding hydrogens is 413 g/mol. The van der Waals surface area contributed by atoms with Crippen LogP contribution in [0, 0.1) is 0 Å². The van der Waals surface area contributed by atoms with Gasteiger partial charge in [0.25, 0.3) is 0 Å². The fourth-order valence-electron chi connectivity index (χ4n) is 2.75. The summed E-state index contributed by atoms with van der Waals surface area (Å²) in [5, 5.41) is 3.93. The largest absolute Gasteiger partial charge is 0.341 e. The third-order valence-electron chi connectivity index (χ3n) is 4.18. The Balaban J connectivity index is 0.00000210. The van der Waals surface area contributed by atoms with Crippen molar-refractivity contribution in [2.75, 3.05) is 19.6 Å². The molecule has 2 aromatic heterocycles. The van der Waals surface area contributed by atoms with Crippen LogP contribution in [0.5, 0.6) is 0 Å². The zero-order valence-corrected chi connectivity index (χ0v) is 17.6. The first-order valence-corrected chi connectivity index (χ1v) is 9.02. The molecule has 1 aromatic carbocycles. The van der Waals surface area contributed by atoms with Gasteiger partial charge in [-0.3, -0.25) is 9.78 Å². The summed E-state index contributed by atoms with van der Waals surface area (Å²) < 4.78 is 5.24. The van der Waals surface area contributed by atoms with E-state index in [9.17, 15) is 4.79 Å². The maximum atomic E-state index is 12.6. The number of rotatable bonds is 9. The molecule has 1 amide bonds. The van der Waals surface area contributed by atoms with Crippen LogP contribution in [-0.2, 0) is 17.6 Å². The van der Waals surface area contributed by atoms with Gasteiger partial charge in [-0.25, -0.2) is 0 Å². The summed E-state index contributed by atoms with van der Waals surface area (Å²) in [5.74, 6) is 0.898. The molecule has 0 saturated carbocycles. The number of carbonyl (C=O) groups is 1. The lowest BCUT2D eigenvalue weighted by atomic mass is 10.1. The topological polar surface area (TPSA) is 98.1 Å². The molecule has 0 saturated heterocycles. The Kier molecular flexibility index (Phi) is 10.9. The highest BCUT2D eigenvalue weighted by Crippen LogP contribution is 2.13. The van der Waals surface area contributed by atoms with Crippen LogP contribution >= 0.6 is 24.8 Å². The highest BCUT2D eigenvalue weighted by molar-refractivity contribution is 5.85. The Morgan fingerprint density at radius 1 is 1.00 bits per heavy atom. The molecule has 29 heavy (non-hydrogen) atoms. The van der Waals surface area contributed by atoms with Gasteiger partial charge in [-0.15, -0.1) is 24.8 Å². The van der Waals surface area contributed by atoms with Crippen molar-refractivity contribution < 1.29 is 9.32 Å². The molecule has 2 N–H and O–H groups in total. The first kappa shape index (κ1) is 24.6. The van der Waals surface area contributed by atoms with Gasteiger partial charge in [0.2, 0.25) is 17.6 Å². The van der Waals surface area contributed by atoms with E-state index in [-0.39, 0.29) is 30.7 Å². The molecule has 0 radical (unpaired) electrons. The summed E-state index contributed by atoms with van der Waals surface area (Å²) in [6.45, 7) is 1.61. The van der Waals surface area contributed by atoms with Crippen LogP contribution < -0.4 is 5.73 Å². The first-order valence-electron chi connectivity index (χ1n) is 9.02. The highest BCUT2D eigenvalue weighted by atomic mass is 35.5. The summed E-state index contributed by atoms with van der Waals surface area (Å²) in [6, 6.07) is 15.6. The summed E-state index contributed by atoms with van der Waals surface area (Å²) in [4.78, 5) is 22.9. The lowest BCUT2D eigenvalue weighted by Crippen LogP contribution is -2.37. The minimum absolute atomic E-state index is 0. The van der Waals surface area contributed by atoms with E-state index >= 15 is 0 Å². The molecule has 0 unspecified atom stereocenters. The van der Waals surface area contributed by atoms with Gasteiger partial charge in [0.15, 0.2) is 0 Å². The maximum Gasteiger partial charge on any atom is 0.227 e. The van der Waals surface area contributed by atoms with Crippen molar-refractivity contribution in [2.24, 2.45) is 5.73 Å². The van der Waals surface area contributed by atoms with E-state index in [4.69, 9.17) is 10.3 Å². The number of aryl methyl sites for hydroxylation is 1. The second-order valence-corrected chi connectivity index (χ2v) is 6.13. The normalized spacial score (nSPS) is 9.97. The van der Waals surface area contributed by atoms with Crippen molar-refractivity contribution in [1.29, 1.82) is 0 Å². The summed E-state index contributed by atoms with van der Waals surface area (Å²) in [5.41, 5.74) is 7.51. The van der Waals surface area contributed by atoms with E-state index < -0.39 is 0 Å². The van der Waals surface area contributed by atoms with Crippen LogP contribution in [0.3, 0.4) is 0 Å². The van der Waals surface area contributed by atoms with Crippen LogP contribution in [0.1, 0.15) is 17.9 Å². The highest BCUT2D eigenvalue weighted by Gasteiger charge is 2.16. The number of hydrogen-bond acceptors (Lipinski definition) is 6. The zero-order valence-electron chi connectivity index (χ0n) is 15.9. The smallest absolute Gasteiger partial charge is 0.227 e. The standard InChI is InChI=1S/C20H23N5O2.2ClH/c21-12-15-25(14-11-16-6-2-1-3-7-16)19(26)10-9-18-23-20(24-27-18)17-8-4-5-13-22-17;;/h1-8,13H,9-12,14-15,21H2;2*1H. The number of benzene rings is 1. The van der Waals surface area contributed by atoms with Crippen LogP contribution in [0.15, 0.2) is 59.3 Å². The fraction of sp³-hybridized carbons (Fsp3) is 0.300. The molecule has 0 fully saturated rings. The average Bonchev–Trinajstić information content (AvgIpc) is 3.20. The molecule has 7 nitrogen and oxygen atoms in total. The fourth-order valence-corrected chi connectivity index (χ4v) is 2.75. The van der Waals surface area contributed by atoms with Gasteiger partial charge in [0, 0.05) is 38.7 Å². The lowest BCUT2D eigenvalue weighted by molar-refractivity contribution is -0.131. The van der Waals surface area contributed by atoms with Gasteiger partial charge >= 0.3 is 0 Å². The van der Waals surface area contributed by atoms with E-state index in [2.05, 4.69) is 27.3 Å². The van der Waals surface area contributed by atoms with Crippen molar-refractivity contribution in [3.63, 3.8) is 0 Å². The Morgan fingerprint density at radius 2 is 1.76 bits per heavy atom. The minimum Gasteiger partial charge on any atom is -0.341 e. The number of carbonyl (C=O) groups excluding carboxylic acids is 1. The van der Waals surface area contributed by atoms with Gasteiger partial charge < -0.3 is 15.2 Å². The van der Waals surface area contributed by atoms with E-state index in [1.165, 1.54) is 5.56 Å². The lowest BCUT2D eigenvalue weighted by Gasteiger charge is -2.22. The summed E-state index contributed by atoms with van der Waals surface area (Å²) >= 11 is 0. The molecule has 3 rings (SSSR count). The molecule has 2 heterocycles. The van der Waals surface area contributed by atoms with Crippen molar-refractivity contribution in [1.82, 2.24) is 20.0 Å². The van der Waals surface area contributed by atoms with Gasteiger partial charge in [-0.05, 0) is 24.1 Å². The molecular formula is C20H25Cl2N5O2. The van der Waals surface area contributed by atoms with Gasteiger partial charge in [-0.1, -0.05) is 41.6 Å². The molecule has 0 aliphatic rings. The number of hydrogen-bond donors (Lipinski definition) is 1. The Labute approximate surface area is 182 Å². The number of aromatic nitrogens is 3. The third kappa shape index (κ3) is 7.45. The van der Waals surface area contributed by atoms with Crippen molar-refractivity contribution in [3.8, 4) is 11.5 Å². The molecule has 0 atom stereocenters. The predicted molar refractivity (Wildman–Crippen MR) is 116 cm³/mol. The second kappa shape index (κ2) is 12.9. The number of pyridine rings is 1. The summed E-state index contributed by atoms with van der Waals surface area (Å²) in [7, 11) is 0. The van der Waals surface area contributed by atoms with E-state index in [1.807, 2.05) is 36.4 Å². The van der Waals surface area contributed by atoms with Crippen molar-refractivity contribution in [3.05, 3.63) is 66.2 Å². The number of amides is 1. The Hall–Kier alpha value is -2.48. The SMILES string of the molecule is Cl.Cl.NCCN(CCc1ccccc1)C(=O)CCc1nc(-c2ccccn2)no1. The van der Waals surface area contributed by atoms with E-state index in [0.717, 1.165) is 6.42 Å². The molecule has 156 valence electrons.